The topological polar surface area (TPSA) is 58.6 Å². The van der Waals surface area contributed by atoms with Gasteiger partial charge in [0, 0.05) is 17.1 Å². The molecule has 0 bridgehead atoms. The van der Waals surface area contributed by atoms with Crippen molar-refractivity contribution in [3.63, 3.8) is 0 Å². The molecule has 0 fully saturated rings. The molecule has 0 spiro atoms. The lowest BCUT2D eigenvalue weighted by Gasteiger charge is -2.29. The zero-order valence-corrected chi connectivity index (χ0v) is 19.0. The highest BCUT2D eigenvalue weighted by Crippen LogP contribution is 2.16. The van der Waals surface area contributed by atoms with Crippen molar-refractivity contribution in [2.75, 3.05) is 6.61 Å². The quantitative estimate of drug-likeness (QED) is 0.600. The van der Waals surface area contributed by atoms with E-state index in [4.69, 9.17) is 4.74 Å². The van der Waals surface area contributed by atoms with Gasteiger partial charge in [-0.15, -0.1) is 0 Å². The maximum absolute atomic E-state index is 13.0. The lowest BCUT2D eigenvalue weighted by Crippen LogP contribution is -2.50. The van der Waals surface area contributed by atoms with E-state index in [9.17, 15) is 9.59 Å². The fourth-order valence-electron chi connectivity index (χ4n) is 2.74. The van der Waals surface area contributed by atoms with E-state index in [0.29, 0.717) is 12.3 Å². The number of carbonyl (C=O) groups excluding carboxylic acids is 2. The van der Waals surface area contributed by atoms with Crippen molar-refractivity contribution in [3.05, 3.63) is 64.1 Å². The van der Waals surface area contributed by atoms with Crippen molar-refractivity contribution in [1.82, 2.24) is 10.2 Å². The van der Waals surface area contributed by atoms with Crippen molar-refractivity contribution in [2.24, 2.45) is 0 Å². The number of benzene rings is 2. The minimum Gasteiger partial charge on any atom is -0.484 e. The first kappa shape index (κ1) is 22.9. The molecule has 2 rings (SSSR count). The van der Waals surface area contributed by atoms with Crippen LogP contribution < -0.4 is 10.1 Å². The zero-order chi connectivity index (χ0) is 21.4. The molecule has 0 heterocycles. The van der Waals surface area contributed by atoms with Gasteiger partial charge in [-0.2, -0.15) is 0 Å². The van der Waals surface area contributed by atoms with Crippen LogP contribution in [-0.2, 0) is 16.1 Å². The molecule has 2 atom stereocenters. The predicted octanol–water partition coefficient (Wildman–Crippen LogP) is 4.47. The van der Waals surface area contributed by atoms with E-state index in [1.54, 1.807) is 11.8 Å². The maximum atomic E-state index is 13.0. The number of halogens is 1. The second-order valence-electron chi connectivity index (χ2n) is 7.25. The minimum atomic E-state index is -0.614. The standard InChI is InChI=1S/C23H29BrN2O3/c1-5-17(3)25-23(28)18(4)26(14-19-7-6-8-20(24)13-19)22(27)15-29-21-11-9-16(2)10-12-21/h6-13,17-18H,5,14-15H2,1-4H3,(H,25,28). The van der Waals surface area contributed by atoms with E-state index in [0.717, 1.165) is 22.0 Å². The number of nitrogens with zero attached hydrogens (tertiary/aromatic N) is 1. The molecule has 2 amide bonds. The first-order valence-electron chi connectivity index (χ1n) is 9.84. The number of ether oxygens (including phenoxy) is 1. The van der Waals surface area contributed by atoms with E-state index in [2.05, 4.69) is 21.2 Å². The number of carbonyl (C=O) groups is 2. The van der Waals surface area contributed by atoms with Gasteiger partial charge in [0.25, 0.3) is 5.91 Å². The van der Waals surface area contributed by atoms with Crippen LogP contribution in [0.3, 0.4) is 0 Å². The average molecular weight is 461 g/mol. The summed E-state index contributed by atoms with van der Waals surface area (Å²) in [5, 5.41) is 2.96. The molecule has 0 aromatic heterocycles. The number of hydrogen-bond acceptors (Lipinski definition) is 3. The third-order valence-corrected chi connectivity index (χ3v) is 5.29. The summed E-state index contributed by atoms with van der Waals surface area (Å²) in [6, 6.07) is 14.7. The highest BCUT2D eigenvalue weighted by atomic mass is 79.9. The summed E-state index contributed by atoms with van der Waals surface area (Å²) in [4.78, 5) is 27.2. The highest BCUT2D eigenvalue weighted by Gasteiger charge is 2.27. The molecule has 156 valence electrons. The normalized spacial score (nSPS) is 12.7. The van der Waals surface area contributed by atoms with Crippen LogP contribution >= 0.6 is 15.9 Å². The van der Waals surface area contributed by atoms with Crippen LogP contribution in [0.2, 0.25) is 0 Å². The van der Waals surface area contributed by atoms with E-state index in [-0.39, 0.29) is 24.5 Å². The van der Waals surface area contributed by atoms with Gasteiger partial charge >= 0.3 is 0 Å². The molecule has 0 saturated carbocycles. The van der Waals surface area contributed by atoms with Gasteiger partial charge in [-0.3, -0.25) is 9.59 Å². The number of aryl methyl sites for hydroxylation is 1. The molecule has 2 aromatic carbocycles. The van der Waals surface area contributed by atoms with Crippen LogP contribution in [0.5, 0.6) is 5.75 Å². The summed E-state index contributed by atoms with van der Waals surface area (Å²) in [6.45, 7) is 7.90. The van der Waals surface area contributed by atoms with E-state index in [1.165, 1.54) is 0 Å². The van der Waals surface area contributed by atoms with Gasteiger partial charge in [-0.1, -0.05) is 52.7 Å². The molecule has 6 heteroatoms. The average Bonchev–Trinajstić information content (AvgIpc) is 2.70. The third-order valence-electron chi connectivity index (χ3n) is 4.79. The molecule has 0 radical (unpaired) electrons. The van der Waals surface area contributed by atoms with Crippen LogP contribution in [0.4, 0.5) is 0 Å². The third kappa shape index (κ3) is 7.20. The van der Waals surface area contributed by atoms with Crippen LogP contribution in [0.25, 0.3) is 0 Å². The Kier molecular flexibility index (Phi) is 8.70. The van der Waals surface area contributed by atoms with Gasteiger partial charge in [0.05, 0.1) is 0 Å². The molecule has 5 nitrogen and oxygen atoms in total. The molecular weight excluding hydrogens is 432 g/mol. The van der Waals surface area contributed by atoms with Gasteiger partial charge in [0.1, 0.15) is 11.8 Å². The Hall–Kier alpha value is -2.34. The van der Waals surface area contributed by atoms with Gasteiger partial charge in [-0.25, -0.2) is 0 Å². The zero-order valence-electron chi connectivity index (χ0n) is 17.4. The summed E-state index contributed by atoms with van der Waals surface area (Å²) in [5.74, 6) is 0.221. The fourth-order valence-corrected chi connectivity index (χ4v) is 3.19. The second-order valence-corrected chi connectivity index (χ2v) is 8.16. The van der Waals surface area contributed by atoms with Crippen LogP contribution in [-0.4, -0.2) is 35.4 Å². The summed E-state index contributed by atoms with van der Waals surface area (Å²) >= 11 is 3.46. The lowest BCUT2D eigenvalue weighted by molar-refractivity contribution is -0.142. The Labute approximate surface area is 181 Å². The summed E-state index contributed by atoms with van der Waals surface area (Å²) in [6.07, 6.45) is 0.828. The summed E-state index contributed by atoms with van der Waals surface area (Å²) < 4.78 is 6.59. The van der Waals surface area contributed by atoms with Gasteiger partial charge in [0.15, 0.2) is 6.61 Å². The summed E-state index contributed by atoms with van der Waals surface area (Å²) in [5.41, 5.74) is 2.06. The fraction of sp³-hybridized carbons (Fsp3) is 0.391. The van der Waals surface area contributed by atoms with Gasteiger partial charge in [-0.05, 0) is 57.0 Å². The Morgan fingerprint density at radius 3 is 2.45 bits per heavy atom. The molecule has 2 unspecified atom stereocenters. The number of hydrogen-bond donors (Lipinski definition) is 1. The largest absolute Gasteiger partial charge is 0.484 e. The van der Waals surface area contributed by atoms with E-state index < -0.39 is 6.04 Å². The number of amides is 2. The summed E-state index contributed by atoms with van der Waals surface area (Å²) in [7, 11) is 0. The van der Waals surface area contributed by atoms with Crippen LogP contribution in [0, 0.1) is 6.92 Å². The molecule has 0 saturated heterocycles. The molecular formula is C23H29BrN2O3. The number of rotatable bonds is 9. The molecule has 0 aliphatic rings. The van der Waals surface area contributed by atoms with Gasteiger partial charge in [0.2, 0.25) is 5.91 Å². The molecule has 2 aromatic rings. The highest BCUT2D eigenvalue weighted by molar-refractivity contribution is 9.10. The Morgan fingerprint density at radius 1 is 1.14 bits per heavy atom. The molecule has 0 aliphatic heterocycles. The smallest absolute Gasteiger partial charge is 0.261 e. The minimum absolute atomic E-state index is 0.0524. The maximum Gasteiger partial charge on any atom is 0.261 e. The van der Waals surface area contributed by atoms with Crippen molar-refractivity contribution < 1.29 is 14.3 Å². The Morgan fingerprint density at radius 2 is 1.83 bits per heavy atom. The first-order valence-corrected chi connectivity index (χ1v) is 10.6. The number of nitrogens with one attached hydrogen (secondary N) is 1. The van der Waals surface area contributed by atoms with E-state index in [1.807, 2.05) is 69.3 Å². The first-order chi connectivity index (χ1) is 13.8. The SMILES string of the molecule is CCC(C)NC(=O)C(C)N(Cc1cccc(Br)c1)C(=O)COc1ccc(C)cc1. The van der Waals surface area contributed by atoms with Crippen molar-refractivity contribution in [3.8, 4) is 5.75 Å². The van der Waals surface area contributed by atoms with Gasteiger partial charge < -0.3 is 15.0 Å². The molecule has 0 aliphatic carbocycles. The molecule has 1 N–H and O–H groups in total. The monoisotopic (exact) mass is 460 g/mol. The van der Waals surface area contributed by atoms with E-state index >= 15 is 0 Å². The van der Waals surface area contributed by atoms with Crippen LogP contribution in [0.15, 0.2) is 53.0 Å². The van der Waals surface area contributed by atoms with Crippen LogP contribution in [0.1, 0.15) is 38.3 Å². The van der Waals surface area contributed by atoms with Crippen molar-refractivity contribution >= 4 is 27.7 Å². The van der Waals surface area contributed by atoms with Crippen molar-refractivity contribution in [1.29, 1.82) is 0 Å². The second kappa shape index (κ2) is 11.0. The Balaban J connectivity index is 2.14. The Bertz CT molecular complexity index is 823. The molecule has 29 heavy (non-hydrogen) atoms. The van der Waals surface area contributed by atoms with Crippen molar-refractivity contribution in [2.45, 2.75) is 52.7 Å². The predicted molar refractivity (Wildman–Crippen MR) is 119 cm³/mol. The lowest BCUT2D eigenvalue weighted by atomic mass is 10.1.